The number of carbonyl (C=O) groups is 1. The second kappa shape index (κ2) is 12.7. The van der Waals surface area contributed by atoms with E-state index in [1.807, 2.05) is 17.0 Å². The summed E-state index contributed by atoms with van der Waals surface area (Å²) >= 11 is 0. The number of hydrogen-bond acceptors (Lipinski definition) is 3. The van der Waals surface area contributed by atoms with Gasteiger partial charge in [0, 0.05) is 38.3 Å². The van der Waals surface area contributed by atoms with Crippen molar-refractivity contribution in [2.75, 3.05) is 32.1 Å². The highest BCUT2D eigenvalue weighted by molar-refractivity contribution is 14.0. The second-order valence-electron chi connectivity index (χ2n) is 7.92. The summed E-state index contributed by atoms with van der Waals surface area (Å²) in [6.07, 6.45) is 1.60. The number of carbonyl (C=O) groups excluding carboxylic acids is 1. The first kappa shape index (κ1) is 25.1. The molecule has 0 spiro atoms. The van der Waals surface area contributed by atoms with Crippen LogP contribution in [0.4, 0.5) is 5.69 Å². The summed E-state index contributed by atoms with van der Waals surface area (Å²) in [6.45, 7) is 5.94. The highest BCUT2D eigenvalue weighted by Crippen LogP contribution is 2.21. The van der Waals surface area contributed by atoms with Gasteiger partial charge in [0.1, 0.15) is 0 Å². The smallest absolute Gasteiger partial charge is 0.227 e. The van der Waals surface area contributed by atoms with Gasteiger partial charge in [-0.25, -0.2) is 4.99 Å². The van der Waals surface area contributed by atoms with Gasteiger partial charge in [-0.05, 0) is 56.3 Å². The molecule has 7 heteroatoms. The van der Waals surface area contributed by atoms with Crippen LogP contribution in [0.2, 0.25) is 0 Å². The van der Waals surface area contributed by atoms with E-state index in [1.165, 1.54) is 11.1 Å². The standard InChI is InChI=1S/C24H33N5O.HI/c1-4-25-24(27-17-20-7-5-8-21(15-20)18-28(2)3)26-16-19-10-12-22(13-11-19)29-14-6-9-23(29)30;/h5,7-8,10-13,15H,4,6,9,14,16-18H2,1-3H3,(H2,25,26,27);1H. The molecule has 0 saturated carbocycles. The zero-order valence-corrected chi connectivity index (χ0v) is 21.1. The Hall–Kier alpha value is -2.13. The molecule has 1 aliphatic heterocycles. The predicted molar refractivity (Wildman–Crippen MR) is 139 cm³/mol. The molecule has 31 heavy (non-hydrogen) atoms. The zero-order chi connectivity index (χ0) is 21.3. The maximum Gasteiger partial charge on any atom is 0.227 e. The third-order valence-corrected chi connectivity index (χ3v) is 5.04. The van der Waals surface area contributed by atoms with E-state index < -0.39 is 0 Å². The molecule has 0 atom stereocenters. The normalized spacial score (nSPS) is 14.0. The molecule has 6 nitrogen and oxygen atoms in total. The molecule has 2 aromatic rings. The first-order valence-corrected chi connectivity index (χ1v) is 10.7. The first-order chi connectivity index (χ1) is 14.5. The van der Waals surface area contributed by atoms with Gasteiger partial charge in [0.25, 0.3) is 0 Å². The van der Waals surface area contributed by atoms with Crippen LogP contribution in [-0.2, 0) is 24.4 Å². The van der Waals surface area contributed by atoms with E-state index >= 15 is 0 Å². The average molecular weight is 535 g/mol. The van der Waals surface area contributed by atoms with Gasteiger partial charge in [0.15, 0.2) is 5.96 Å². The number of hydrogen-bond donors (Lipinski definition) is 2. The van der Waals surface area contributed by atoms with E-state index in [1.54, 1.807) is 0 Å². The largest absolute Gasteiger partial charge is 0.357 e. The number of guanidine groups is 1. The van der Waals surface area contributed by atoms with Crippen molar-refractivity contribution in [3.63, 3.8) is 0 Å². The Labute approximate surface area is 203 Å². The molecular formula is C24H34IN5O. The average Bonchev–Trinajstić information content (AvgIpc) is 3.16. The van der Waals surface area contributed by atoms with Gasteiger partial charge < -0.3 is 20.4 Å². The molecule has 1 fully saturated rings. The van der Waals surface area contributed by atoms with Crippen molar-refractivity contribution in [2.24, 2.45) is 4.99 Å². The fourth-order valence-electron chi connectivity index (χ4n) is 3.60. The summed E-state index contributed by atoms with van der Waals surface area (Å²) in [5.74, 6) is 1.02. The van der Waals surface area contributed by atoms with E-state index in [2.05, 4.69) is 73.0 Å². The highest BCUT2D eigenvalue weighted by atomic mass is 127. The lowest BCUT2D eigenvalue weighted by Gasteiger charge is -2.16. The summed E-state index contributed by atoms with van der Waals surface area (Å²) in [4.78, 5) is 20.7. The molecule has 168 valence electrons. The lowest BCUT2D eigenvalue weighted by atomic mass is 10.1. The van der Waals surface area contributed by atoms with Crippen molar-refractivity contribution in [2.45, 2.75) is 39.4 Å². The van der Waals surface area contributed by atoms with Gasteiger partial charge in [0.2, 0.25) is 5.91 Å². The molecular weight excluding hydrogens is 501 g/mol. The maximum absolute atomic E-state index is 11.9. The Morgan fingerprint density at radius 2 is 1.81 bits per heavy atom. The summed E-state index contributed by atoms with van der Waals surface area (Å²) in [6, 6.07) is 16.8. The van der Waals surface area contributed by atoms with Gasteiger partial charge in [-0.3, -0.25) is 4.79 Å². The molecule has 0 aromatic heterocycles. The molecule has 2 N–H and O–H groups in total. The predicted octanol–water partition coefficient (Wildman–Crippen LogP) is 3.75. The van der Waals surface area contributed by atoms with Crippen molar-refractivity contribution >= 4 is 41.5 Å². The molecule has 2 aromatic carbocycles. The molecule has 0 aliphatic carbocycles. The number of rotatable bonds is 8. The number of anilines is 1. The molecule has 0 bridgehead atoms. The van der Waals surface area contributed by atoms with Crippen LogP contribution in [0.1, 0.15) is 36.5 Å². The Balaban J connectivity index is 0.00000341. The van der Waals surface area contributed by atoms with Gasteiger partial charge in [-0.1, -0.05) is 36.4 Å². The Kier molecular flexibility index (Phi) is 10.3. The Morgan fingerprint density at radius 3 is 2.45 bits per heavy atom. The van der Waals surface area contributed by atoms with Crippen molar-refractivity contribution in [3.8, 4) is 0 Å². The fourth-order valence-corrected chi connectivity index (χ4v) is 3.60. The number of benzene rings is 2. The van der Waals surface area contributed by atoms with E-state index in [-0.39, 0.29) is 29.9 Å². The Morgan fingerprint density at radius 1 is 1.06 bits per heavy atom. The highest BCUT2D eigenvalue weighted by Gasteiger charge is 2.21. The zero-order valence-electron chi connectivity index (χ0n) is 18.7. The van der Waals surface area contributed by atoms with Crippen LogP contribution in [-0.4, -0.2) is 44.0 Å². The molecule has 0 radical (unpaired) electrons. The van der Waals surface area contributed by atoms with Gasteiger partial charge >= 0.3 is 0 Å². The molecule has 1 aliphatic rings. The summed E-state index contributed by atoms with van der Waals surface area (Å²) < 4.78 is 0. The minimum Gasteiger partial charge on any atom is -0.357 e. The van der Waals surface area contributed by atoms with Crippen LogP contribution in [0.5, 0.6) is 0 Å². The van der Waals surface area contributed by atoms with Crippen LogP contribution in [0, 0.1) is 0 Å². The van der Waals surface area contributed by atoms with Crippen LogP contribution in [0.15, 0.2) is 53.5 Å². The van der Waals surface area contributed by atoms with Crippen molar-refractivity contribution in [3.05, 3.63) is 65.2 Å². The van der Waals surface area contributed by atoms with Crippen LogP contribution >= 0.6 is 24.0 Å². The van der Waals surface area contributed by atoms with E-state index in [9.17, 15) is 4.79 Å². The van der Waals surface area contributed by atoms with Crippen LogP contribution in [0.3, 0.4) is 0 Å². The Bertz CT molecular complexity index is 867. The minimum atomic E-state index is 0. The minimum absolute atomic E-state index is 0. The van der Waals surface area contributed by atoms with Gasteiger partial charge in [-0.2, -0.15) is 0 Å². The third-order valence-electron chi connectivity index (χ3n) is 5.04. The van der Waals surface area contributed by atoms with Crippen molar-refractivity contribution in [1.29, 1.82) is 0 Å². The van der Waals surface area contributed by atoms with Crippen LogP contribution in [0.25, 0.3) is 0 Å². The monoisotopic (exact) mass is 535 g/mol. The molecule has 1 saturated heterocycles. The number of halogens is 1. The summed E-state index contributed by atoms with van der Waals surface area (Å²) in [5, 5.41) is 6.71. The molecule has 1 amide bonds. The van der Waals surface area contributed by atoms with E-state index in [0.717, 1.165) is 43.3 Å². The SMILES string of the molecule is CCNC(=NCc1cccc(CN(C)C)c1)NCc1ccc(N2CCCC2=O)cc1.I. The molecule has 0 unspecified atom stereocenters. The van der Waals surface area contributed by atoms with Crippen molar-refractivity contribution in [1.82, 2.24) is 15.5 Å². The lowest BCUT2D eigenvalue weighted by molar-refractivity contribution is -0.117. The fraction of sp³-hybridized carbons (Fsp3) is 0.417. The van der Waals surface area contributed by atoms with E-state index in [0.29, 0.717) is 19.5 Å². The number of nitrogens with zero attached hydrogens (tertiary/aromatic N) is 3. The topological polar surface area (TPSA) is 60.0 Å². The quantitative estimate of drug-likeness (QED) is 0.307. The summed E-state index contributed by atoms with van der Waals surface area (Å²) in [7, 11) is 4.15. The van der Waals surface area contributed by atoms with E-state index in [4.69, 9.17) is 4.99 Å². The maximum atomic E-state index is 11.9. The molecule has 1 heterocycles. The summed E-state index contributed by atoms with van der Waals surface area (Å²) in [5.41, 5.74) is 4.64. The van der Waals surface area contributed by atoms with Crippen LogP contribution < -0.4 is 15.5 Å². The molecule has 3 rings (SSSR count). The van der Waals surface area contributed by atoms with Crippen molar-refractivity contribution < 1.29 is 4.79 Å². The lowest BCUT2D eigenvalue weighted by Crippen LogP contribution is -2.36. The number of nitrogens with one attached hydrogen (secondary N) is 2. The second-order valence-corrected chi connectivity index (χ2v) is 7.92. The third kappa shape index (κ3) is 7.81. The first-order valence-electron chi connectivity index (χ1n) is 10.7. The number of amides is 1. The van der Waals surface area contributed by atoms with Gasteiger partial charge in [0.05, 0.1) is 6.54 Å². The number of aliphatic imine (C=N–C) groups is 1. The van der Waals surface area contributed by atoms with Gasteiger partial charge in [-0.15, -0.1) is 24.0 Å².